The molecule has 0 aromatic carbocycles. The highest BCUT2D eigenvalue weighted by Gasteiger charge is 1.95. The summed E-state index contributed by atoms with van der Waals surface area (Å²) >= 11 is 2.06. The Hall–Kier alpha value is 0.0900. The second kappa shape index (κ2) is 9.18. The third-order valence-electron chi connectivity index (χ3n) is 1.71. The molecule has 72 valence electrons. The predicted octanol–water partition coefficient (Wildman–Crippen LogP) is 4.61. The van der Waals surface area contributed by atoms with Crippen LogP contribution in [0.1, 0.15) is 52.9 Å². The van der Waals surface area contributed by atoms with Crippen molar-refractivity contribution in [1.82, 2.24) is 0 Å². The first-order chi connectivity index (χ1) is 5.85. The lowest BCUT2D eigenvalue weighted by Gasteiger charge is -2.04. The van der Waals surface area contributed by atoms with Crippen molar-refractivity contribution in [2.75, 3.05) is 5.75 Å². The summed E-state index contributed by atoms with van der Waals surface area (Å²) in [5, 5.41) is 0. The van der Waals surface area contributed by atoms with E-state index in [1.807, 2.05) is 0 Å². The maximum Gasteiger partial charge on any atom is -0.00235 e. The smallest absolute Gasteiger partial charge is 0.00235 e. The molecule has 0 aliphatic carbocycles. The Kier molecular flexibility index (Phi) is 9.25. The minimum atomic E-state index is 1.19. The second-order valence-electron chi connectivity index (χ2n) is 3.03. The van der Waals surface area contributed by atoms with Gasteiger partial charge in [-0.15, -0.1) is 11.8 Å². The van der Waals surface area contributed by atoms with Crippen LogP contribution in [0.3, 0.4) is 0 Å². The van der Waals surface area contributed by atoms with Gasteiger partial charge in [-0.05, 0) is 29.9 Å². The van der Waals surface area contributed by atoms with Crippen LogP contribution in [0.25, 0.3) is 0 Å². The molecule has 1 heteroatoms. The summed E-state index contributed by atoms with van der Waals surface area (Å²) in [7, 11) is 0. The minimum Gasteiger partial charge on any atom is -0.131 e. The Morgan fingerprint density at radius 1 is 1.17 bits per heavy atom. The molecular formula is C11H22S. The Bertz CT molecular complexity index is 116. The van der Waals surface area contributed by atoms with Crippen LogP contribution >= 0.6 is 11.8 Å². The molecule has 0 aromatic rings. The van der Waals surface area contributed by atoms with Crippen molar-refractivity contribution in [3.8, 4) is 0 Å². The van der Waals surface area contributed by atoms with Crippen molar-refractivity contribution < 1.29 is 0 Å². The number of hydrogen-bond acceptors (Lipinski definition) is 1. The van der Waals surface area contributed by atoms with Gasteiger partial charge in [-0.25, -0.2) is 0 Å². The quantitative estimate of drug-likeness (QED) is 0.523. The van der Waals surface area contributed by atoms with E-state index in [9.17, 15) is 0 Å². The molecule has 0 amide bonds. The lowest BCUT2D eigenvalue weighted by atomic mass is 10.3. The fourth-order valence-corrected chi connectivity index (χ4v) is 2.38. The second-order valence-corrected chi connectivity index (χ2v) is 4.25. The van der Waals surface area contributed by atoms with Gasteiger partial charge in [0, 0.05) is 0 Å². The van der Waals surface area contributed by atoms with Crippen LogP contribution in [-0.2, 0) is 0 Å². The van der Waals surface area contributed by atoms with E-state index in [1.54, 1.807) is 4.91 Å². The molecular weight excluding hydrogens is 164 g/mol. The van der Waals surface area contributed by atoms with Crippen LogP contribution in [0.4, 0.5) is 0 Å². The fourth-order valence-electron chi connectivity index (χ4n) is 1.05. The molecule has 12 heavy (non-hydrogen) atoms. The van der Waals surface area contributed by atoms with Crippen molar-refractivity contribution in [2.45, 2.75) is 52.9 Å². The molecule has 0 fully saturated rings. The number of rotatable bonds is 7. The standard InChI is InChI=1S/C11H22S/c1-4-7-10-12-11(8-5-2)9-6-3/h8H,4-7,9-10H2,1-3H3. The zero-order chi connectivity index (χ0) is 9.23. The summed E-state index contributed by atoms with van der Waals surface area (Å²) in [6.07, 6.45) is 8.80. The van der Waals surface area contributed by atoms with Crippen LogP contribution in [-0.4, -0.2) is 5.75 Å². The van der Waals surface area contributed by atoms with Crippen LogP contribution in [0, 0.1) is 0 Å². The molecule has 0 N–H and O–H groups in total. The third kappa shape index (κ3) is 6.78. The molecule has 0 unspecified atom stereocenters. The maximum atomic E-state index is 2.38. The molecule has 0 heterocycles. The van der Waals surface area contributed by atoms with E-state index in [4.69, 9.17) is 0 Å². The molecule has 0 radical (unpaired) electrons. The van der Waals surface area contributed by atoms with Crippen molar-refractivity contribution in [3.05, 3.63) is 11.0 Å². The van der Waals surface area contributed by atoms with E-state index >= 15 is 0 Å². The molecule has 0 nitrogen and oxygen atoms in total. The van der Waals surface area contributed by atoms with Crippen LogP contribution < -0.4 is 0 Å². The average molecular weight is 186 g/mol. The molecule has 0 saturated carbocycles. The van der Waals surface area contributed by atoms with Gasteiger partial charge in [-0.1, -0.05) is 39.7 Å². The largest absolute Gasteiger partial charge is 0.131 e. The van der Waals surface area contributed by atoms with E-state index in [1.165, 1.54) is 37.9 Å². The first-order valence-electron chi connectivity index (χ1n) is 5.16. The zero-order valence-electron chi connectivity index (χ0n) is 8.73. The van der Waals surface area contributed by atoms with Crippen molar-refractivity contribution in [3.63, 3.8) is 0 Å². The lowest BCUT2D eigenvalue weighted by Crippen LogP contribution is -1.82. The zero-order valence-corrected chi connectivity index (χ0v) is 9.54. The van der Waals surface area contributed by atoms with Crippen molar-refractivity contribution in [2.24, 2.45) is 0 Å². The number of hydrogen-bond donors (Lipinski definition) is 0. The summed E-state index contributed by atoms with van der Waals surface area (Å²) in [6.45, 7) is 6.73. The third-order valence-corrected chi connectivity index (χ3v) is 2.95. The summed E-state index contributed by atoms with van der Waals surface area (Å²) < 4.78 is 0. The molecule has 0 rings (SSSR count). The van der Waals surface area contributed by atoms with Crippen LogP contribution in [0.5, 0.6) is 0 Å². The molecule has 0 aromatic heterocycles. The van der Waals surface area contributed by atoms with E-state index in [0.29, 0.717) is 0 Å². The van der Waals surface area contributed by atoms with Gasteiger partial charge in [0.15, 0.2) is 0 Å². The Balaban J connectivity index is 3.56. The first-order valence-corrected chi connectivity index (χ1v) is 6.15. The topological polar surface area (TPSA) is 0 Å². The van der Waals surface area contributed by atoms with E-state index < -0.39 is 0 Å². The normalized spacial score (nSPS) is 12.1. The molecule has 0 aliphatic rings. The summed E-state index contributed by atoms with van der Waals surface area (Å²) in [4.78, 5) is 1.61. The average Bonchev–Trinajstić information content (AvgIpc) is 2.06. The Morgan fingerprint density at radius 2 is 1.92 bits per heavy atom. The Morgan fingerprint density at radius 3 is 2.42 bits per heavy atom. The predicted molar refractivity (Wildman–Crippen MR) is 60.6 cm³/mol. The van der Waals surface area contributed by atoms with Gasteiger partial charge in [0.05, 0.1) is 0 Å². The van der Waals surface area contributed by atoms with Gasteiger partial charge in [0.25, 0.3) is 0 Å². The van der Waals surface area contributed by atoms with E-state index in [-0.39, 0.29) is 0 Å². The van der Waals surface area contributed by atoms with Crippen molar-refractivity contribution in [1.29, 1.82) is 0 Å². The summed E-state index contributed by atoms with van der Waals surface area (Å²) in [5.74, 6) is 1.31. The highest BCUT2D eigenvalue weighted by atomic mass is 32.2. The first kappa shape index (κ1) is 12.1. The number of thioether (sulfide) groups is 1. The fraction of sp³-hybridized carbons (Fsp3) is 0.818. The van der Waals surface area contributed by atoms with E-state index in [0.717, 1.165) is 0 Å². The maximum absolute atomic E-state index is 2.38. The molecule has 0 saturated heterocycles. The van der Waals surface area contributed by atoms with E-state index in [2.05, 4.69) is 38.6 Å². The molecule has 0 atom stereocenters. The summed E-state index contributed by atoms with van der Waals surface area (Å²) in [6, 6.07) is 0. The number of allylic oxidation sites excluding steroid dienone is 2. The highest BCUT2D eigenvalue weighted by molar-refractivity contribution is 8.03. The molecule has 0 bridgehead atoms. The lowest BCUT2D eigenvalue weighted by molar-refractivity contribution is 0.893. The van der Waals surface area contributed by atoms with Gasteiger partial charge in [-0.3, -0.25) is 0 Å². The van der Waals surface area contributed by atoms with Crippen LogP contribution in [0.15, 0.2) is 11.0 Å². The highest BCUT2D eigenvalue weighted by Crippen LogP contribution is 2.22. The molecule has 0 spiro atoms. The van der Waals surface area contributed by atoms with Gasteiger partial charge < -0.3 is 0 Å². The monoisotopic (exact) mass is 186 g/mol. The number of unbranched alkanes of at least 4 members (excludes halogenated alkanes) is 1. The summed E-state index contributed by atoms with van der Waals surface area (Å²) in [5.41, 5.74) is 0. The van der Waals surface area contributed by atoms with Crippen molar-refractivity contribution >= 4 is 11.8 Å². The molecule has 0 aliphatic heterocycles. The van der Waals surface area contributed by atoms with Gasteiger partial charge in [0.1, 0.15) is 0 Å². The van der Waals surface area contributed by atoms with Gasteiger partial charge in [0.2, 0.25) is 0 Å². The van der Waals surface area contributed by atoms with Gasteiger partial charge >= 0.3 is 0 Å². The SMILES string of the molecule is CCC=C(CCC)SCCCC. The Labute approximate surface area is 81.8 Å². The van der Waals surface area contributed by atoms with Crippen LogP contribution in [0.2, 0.25) is 0 Å². The minimum absolute atomic E-state index is 1.19. The van der Waals surface area contributed by atoms with Gasteiger partial charge in [-0.2, -0.15) is 0 Å².